The number of rotatable bonds is 8. The van der Waals surface area contributed by atoms with Gasteiger partial charge >= 0.3 is 0 Å². The van der Waals surface area contributed by atoms with Gasteiger partial charge in [-0.15, -0.1) is 0 Å². The summed E-state index contributed by atoms with van der Waals surface area (Å²) in [5.74, 6) is 0. The van der Waals surface area contributed by atoms with Crippen LogP contribution in [0.3, 0.4) is 0 Å². The highest BCUT2D eigenvalue weighted by Gasteiger charge is 2.12. The molecule has 1 rings (SSSR count). The van der Waals surface area contributed by atoms with Crippen LogP contribution in [0.2, 0.25) is 0 Å². The second-order valence-electron chi connectivity index (χ2n) is 4.72. The molecule has 0 spiro atoms. The molecule has 1 aromatic rings. The van der Waals surface area contributed by atoms with E-state index in [4.69, 9.17) is 16.2 Å². The van der Waals surface area contributed by atoms with Crippen molar-refractivity contribution in [3.63, 3.8) is 0 Å². The van der Waals surface area contributed by atoms with Crippen LogP contribution in [0.4, 0.5) is 11.4 Å². The molecule has 0 bridgehead atoms. The van der Waals surface area contributed by atoms with Crippen molar-refractivity contribution in [2.24, 2.45) is 0 Å². The highest BCUT2D eigenvalue weighted by Crippen LogP contribution is 2.28. The minimum absolute atomic E-state index is 0.0900. The quantitative estimate of drug-likeness (QED) is 0.543. The first-order chi connectivity index (χ1) is 8.69. The van der Waals surface area contributed by atoms with E-state index in [2.05, 4.69) is 13.8 Å². The van der Waals surface area contributed by atoms with E-state index in [1.807, 2.05) is 12.1 Å². The Labute approximate surface area is 111 Å². The molecule has 0 aliphatic rings. The van der Waals surface area contributed by atoms with Gasteiger partial charge in [0, 0.05) is 23.5 Å². The molecule has 1 unspecified atom stereocenters. The molecule has 0 fully saturated rings. The van der Waals surface area contributed by atoms with E-state index >= 15 is 0 Å². The van der Waals surface area contributed by atoms with Gasteiger partial charge in [-0.05, 0) is 25.0 Å². The van der Waals surface area contributed by atoms with Crippen LogP contribution in [0, 0.1) is 0 Å². The van der Waals surface area contributed by atoms with Crippen LogP contribution in [-0.4, -0.2) is 6.61 Å². The predicted molar refractivity (Wildman–Crippen MR) is 78.4 cm³/mol. The molecule has 3 heteroatoms. The zero-order valence-electron chi connectivity index (χ0n) is 11.6. The Morgan fingerprint density at radius 2 is 1.89 bits per heavy atom. The summed E-state index contributed by atoms with van der Waals surface area (Å²) in [6.07, 6.45) is 5.92. The number of hydrogen-bond donors (Lipinski definition) is 2. The van der Waals surface area contributed by atoms with Crippen molar-refractivity contribution in [1.82, 2.24) is 0 Å². The average molecular weight is 250 g/mol. The summed E-state index contributed by atoms with van der Waals surface area (Å²) in [6, 6.07) is 5.66. The van der Waals surface area contributed by atoms with Gasteiger partial charge in [0.05, 0.1) is 6.10 Å². The Morgan fingerprint density at radius 3 is 2.50 bits per heavy atom. The maximum atomic E-state index is 5.99. The van der Waals surface area contributed by atoms with Crippen molar-refractivity contribution in [3.05, 3.63) is 23.8 Å². The zero-order chi connectivity index (χ0) is 13.4. The van der Waals surface area contributed by atoms with Gasteiger partial charge in [-0.3, -0.25) is 0 Å². The van der Waals surface area contributed by atoms with Crippen molar-refractivity contribution < 1.29 is 4.74 Å². The molecule has 0 amide bonds. The van der Waals surface area contributed by atoms with Crippen molar-refractivity contribution in [2.45, 2.75) is 52.1 Å². The molecular formula is C15H26N2O. The topological polar surface area (TPSA) is 61.3 Å². The van der Waals surface area contributed by atoms with Gasteiger partial charge in [-0.1, -0.05) is 39.2 Å². The van der Waals surface area contributed by atoms with Crippen LogP contribution in [0.5, 0.6) is 0 Å². The molecule has 0 radical (unpaired) electrons. The Bertz CT molecular complexity index is 352. The number of hydrogen-bond acceptors (Lipinski definition) is 3. The normalized spacial score (nSPS) is 12.6. The summed E-state index contributed by atoms with van der Waals surface area (Å²) in [5, 5.41) is 0. The zero-order valence-corrected chi connectivity index (χ0v) is 11.6. The first-order valence-electron chi connectivity index (χ1n) is 6.95. The van der Waals surface area contributed by atoms with Crippen molar-refractivity contribution in [1.29, 1.82) is 0 Å². The van der Waals surface area contributed by atoms with Crippen molar-refractivity contribution in [2.75, 3.05) is 18.1 Å². The molecule has 0 saturated carbocycles. The first-order valence-corrected chi connectivity index (χ1v) is 6.95. The van der Waals surface area contributed by atoms with E-state index in [9.17, 15) is 0 Å². The summed E-state index contributed by atoms with van der Waals surface area (Å²) in [6.45, 7) is 5.14. The number of unbranched alkanes of at least 4 members (excludes halogenated alkanes) is 3. The summed E-state index contributed by atoms with van der Waals surface area (Å²) >= 11 is 0. The van der Waals surface area contributed by atoms with Gasteiger partial charge in [0.2, 0.25) is 0 Å². The number of benzene rings is 1. The molecule has 0 aliphatic heterocycles. The molecule has 0 aromatic heterocycles. The Balaban J connectivity index is 2.49. The lowest BCUT2D eigenvalue weighted by atomic mass is 10.0. The van der Waals surface area contributed by atoms with Crippen LogP contribution >= 0.6 is 0 Å². The summed E-state index contributed by atoms with van der Waals surface area (Å²) in [7, 11) is 0. The molecule has 1 aromatic carbocycles. The maximum Gasteiger partial charge on any atom is 0.0842 e. The fourth-order valence-corrected chi connectivity index (χ4v) is 2.07. The molecule has 0 heterocycles. The van der Waals surface area contributed by atoms with Crippen LogP contribution in [0.15, 0.2) is 18.2 Å². The van der Waals surface area contributed by atoms with E-state index in [0.717, 1.165) is 30.7 Å². The minimum Gasteiger partial charge on any atom is -0.399 e. The van der Waals surface area contributed by atoms with Gasteiger partial charge < -0.3 is 16.2 Å². The van der Waals surface area contributed by atoms with Crippen LogP contribution in [0.25, 0.3) is 0 Å². The SMILES string of the molecule is CCCCCCOC(CC)c1ccc(N)cc1N. The Morgan fingerprint density at radius 1 is 1.11 bits per heavy atom. The van der Waals surface area contributed by atoms with Gasteiger partial charge in [0.25, 0.3) is 0 Å². The second-order valence-corrected chi connectivity index (χ2v) is 4.72. The fourth-order valence-electron chi connectivity index (χ4n) is 2.07. The molecule has 102 valence electrons. The second kappa shape index (κ2) is 7.98. The summed E-state index contributed by atoms with van der Waals surface area (Å²) in [5.41, 5.74) is 14.2. The molecule has 4 N–H and O–H groups in total. The van der Waals surface area contributed by atoms with Crippen LogP contribution in [-0.2, 0) is 4.74 Å². The summed E-state index contributed by atoms with van der Waals surface area (Å²) < 4.78 is 5.92. The van der Waals surface area contributed by atoms with Gasteiger partial charge in [-0.2, -0.15) is 0 Å². The summed E-state index contributed by atoms with van der Waals surface area (Å²) in [4.78, 5) is 0. The van der Waals surface area contributed by atoms with E-state index < -0.39 is 0 Å². The largest absolute Gasteiger partial charge is 0.399 e. The predicted octanol–water partition coefficient (Wildman–Crippen LogP) is 3.90. The van der Waals surface area contributed by atoms with E-state index in [-0.39, 0.29) is 6.10 Å². The van der Waals surface area contributed by atoms with E-state index in [0.29, 0.717) is 5.69 Å². The third-order valence-electron chi connectivity index (χ3n) is 3.15. The number of nitrogen functional groups attached to an aromatic ring is 2. The molecule has 18 heavy (non-hydrogen) atoms. The fraction of sp³-hybridized carbons (Fsp3) is 0.600. The first kappa shape index (κ1) is 14.8. The van der Waals surface area contributed by atoms with Crippen LogP contribution in [0.1, 0.15) is 57.6 Å². The smallest absolute Gasteiger partial charge is 0.0842 e. The lowest BCUT2D eigenvalue weighted by molar-refractivity contribution is 0.0478. The highest BCUT2D eigenvalue weighted by molar-refractivity contribution is 5.57. The average Bonchev–Trinajstić information content (AvgIpc) is 2.35. The monoisotopic (exact) mass is 250 g/mol. The maximum absolute atomic E-state index is 5.99. The minimum atomic E-state index is 0.0900. The van der Waals surface area contributed by atoms with Crippen LogP contribution < -0.4 is 11.5 Å². The third-order valence-corrected chi connectivity index (χ3v) is 3.15. The highest BCUT2D eigenvalue weighted by atomic mass is 16.5. The molecule has 1 atom stereocenters. The van der Waals surface area contributed by atoms with Gasteiger partial charge in [0.15, 0.2) is 0 Å². The number of anilines is 2. The molecule has 0 aliphatic carbocycles. The van der Waals surface area contributed by atoms with Crippen molar-refractivity contribution >= 4 is 11.4 Å². The van der Waals surface area contributed by atoms with E-state index in [1.165, 1.54) is 19.3 Å². The number of nitrogens with two attached hydrogens (primary N) is 2. The molecule has 3 nitrogen and oxygen atoms in total. The standard InChI is InChI=1S/C15H26N2O/c1-3-5-6-7-10-18-15(4-2)13-9-8-12(16)11-14(13)17/h8-9,11,15H,3-7,10,16-17H2,1-2H3. The van der Waals surface area contributed by atoms with Crippen molar-refractivity contribution in [3.8, 4) is 0 Å². The number of ether oxygens (including phenoxy) is 1. The lowest BCUT2D eigenvalue weighted by Gasteiger charge is -2.18. The van der Waals surface area contributed by atoms with E-state index in [1.54, 1.807) is 6.07 Å². The Hall–Kier alpha value is -1.22. The lowest BCUT2D eigenvalue weighted by Crippen LogP contribution is -2.08. The molecular weight excluding hydrogens is 224 g/mol. The van der Waals surface area contributed by atoms with Gasteiger partial charge in [-0.25, -0.2) is 0 Å². The third kappa shape index (κ3) is 4.57. The molecule has 0 saturated heterocycles. The Kier molecular flexibility index (Phi) is 6.58. The van der Waals surface area contributed by atoms with Gasteiger partial charge in [0.1, 0.15) is 0 Å².